The van der Waals surface area contributed by atoms with Crippen LogP contribution in [-0.4, -0.2) is 25.5 Å². The Balaban J connectivity index is 2.15. The Morgan fingerprint density at radius 1 is 1.44 bits per heavy atom. The number of rotatable bonds is 2. The molecule has 86 valence electrons. The van der Waals surface area contributed by atoms with Gasteiger partial charge in [-0.25, -0.2) is 0 Å². The smallest absolute Gasteiger partial charge is 0.243 e. The predicted molar refractivity (Wildman–Crippen MR) is 65.6 cm³/mol. The third-order valence-corrected chi connectivity index (χ3v) is 3.17. The van der Waals surface area contributed by atoms with Gasteiger partial charge < -0.3 is 10.2 Å². The van der Waals surface area contributed by atoms with Crippen LogP contribution in [0.15, 0.2) is 24.3 Å². The number of carbonyl (C=O) groups excluding carboxylic acids is 1. The lowest BCUT2D eigenvalue weighted by molar-refractivity contribution is -0.119. The Bertz CT molecular complexity index is 383. The van der Waals surface area contributed by atoms with E-state index in [-0.39, 0.29) is 11.9 Å². The molecule has 1 unspecified atom stereocenters. The number of likely N-dealkylation sites (N-methyl/N-ethyl adjacent to an activating group) is 1. The van der Waals surface area contributed by atoms with Crippen LogP contribution < -0.4 is 10.2 Å². The van der Waals surface area contributed by atoms with Gasteiger partial charge in [0.2, 0.25) is 5.91 Å². The van der Waals surface area contributed by atoms with Crippen molar-refractivity contribution >= 4 is 11.6 Å². The molecule has 0 aliphatic carbocycles. The predicted octanol–water partition coefficient (Wildman–Crippen LogP) is 1.71. The van der Waals surface area contributed by atoms with E-state index in [1.807, 2.05) is 38.2 Å². The molecule has 16 heavy (non-hydrogen) atoms. The molecule has 0 radical (unpaired) electrons. The van der Waals surface area contributed by atoms with Crippen LogP contribution in [-0.2, 0) is 4.79 Å². The third kappa shape index (κ3) is 2.09. The van der Waals surface area contributed by atoms with Crippen LogP contribution in [0.5, 0.6) is 0 Å². The number of aryl methyl sites for hydroxylation is 1. The van der Waals surface area contributed by atoms with Crippen LogP contribution in [0.4, 0.5) is 5.69 Å². The quantitative estimate of drug-likeness (QED) is 0.819. The lowest BCUT2D eigenvalue weighted by Crippen LogP contribution is -2.41. The molecule has 0 bridgehead atoms. The van der Waals surface area contributed by atoms with E-state index < -0.39 is 0 Å². The Kier molecular flexibility index (Phi) is 3.25. The number of hydrogen-bond acceptors (Lipinski definition) is 2. The molecule has 1 heterocycles. The fraction of sp³-hybridized carbons (Fsp3) is 0.462. The Hall–Kier alpha value is -1.35. The normalized spacial score (nSPS) is 19.8. The monoisotopic (exact) mass is 218 g/mol. The van der Waals surface area contributed by atoms with Crippen molar-refractivity contribution in [3.8, 4) is 0 Å². The standard InChI is InChI=1S/C13H18N2O/c1-10-6-3-4-8-12(10)15(2)13(16)11-7-5-9-14-11/h3-4,6,8,11,14H,5,7,9H2,1-2H3. The highest BCUT2D eigenvalue weighted by atomic mass is 16.2. The highest BCUT2D eigenvalue weighted by molar-refractivity contribution is 5.97. The van der Waals surface area contributed by atoms with Crippen LogP contribution >= 0.6 is 0 Å². The van der Waals surface area contributed by atoms with Gasteiger partial charge in [-0.15, -0.1) is 0 Å². The van der Waals surface area contributed by atoms with Crippen molar-refractivity contribution in [3.05, 3.63) is 29.8 Å². The molecular weight excluding hydrogens is 200 g/mol. The van der Waals surface area contributed by atoms with Crippen molar-refractivity contribution in [2.24, 2.45) is 0 Å². The minimum absolute atomic E-state index is 0.00426. The molecule has 1 N–H and O–H groups in total. The van der Waals surface area contributed by atoms with Crippen LogP contribution in [0.25, 0.3) is 0 Å². The van der Waals surface area contributed by atoms with E-state index in [4.69, 9.17) is 0 Å². The summed E-state index contributed by atoms with van der Waals surface area (Å²) in [5, 5.41) is 3.24. The highest BCUT2D eigenvalue weighted by Crippen LogP contribution is 2.20. The zero-order valence-electron chi connectivity index (χ0n) is 9.86. The second kappa shape index (κ2) is 4.66. The molecule has 1 fully saturated rings. The van der Waals surface area contributed by atoms with Gasteiger partial charge in [0, 0.05) is 12.7 Å². The van der Waals surface area contributed by atoms with E-state index in [2.05, 4.69) is 5.32 Å². The van der Waals surface area contributed by atoms with Crippen molar-refractivity contribution in [1.29, 1.82) is 0 Å². The summed E-state index contributed by atoms with van der Waals surface area (Å²) in [5.41, 5.74) is 2.14. The van der Waals surface area contributed by atoms with Crippen molar-refractivity contribution in [3.63, 3.8) is 0 Å². The summed E-state index contributed by atoms with van der Waals surface area (Å²) in [6.07, 6.45) is 2.05. The number of nitrogens with one attached hydrogen (secondary N) is 1. The van der Waals surface area contributed by atoms with Gasteiger partial charge in [0.1, 0.15) is 0 Å². The number of benzene rings is 1. The molecule has 1 atom stereocenters. The maximum atomic E-state index is 12.2. The molecule has 1 amide bonds. The lowest BCUT2D eigenvalue weighted by Gasteiger charge is -2.22. The fourth-order valence-electron chi connectivity index (χ4n) is 2.19. The molecule has 1 aromatic rings. The highest BCUT2D eigenvalue weighted by Gasteiger charge is 2.25. The minimum Gasteiger partial charge on any atom is -0.314 e. The SMILES string of the molecule is Cc1ccccc1N(C)C(=O)C1CCCN1. The summed E-state index contributed by atoms with van der Waals surface area (Å²) >= 11 is 0. The van der Waals surface area contributed by atoms with E-state index in [0.29, 0.717) is 0 Å². The first-order valence-electron chi connectivity index (χ1n) is 5.77. The van der Waals surface area contributed by atoms with Gasteiger partial charge in [-0.2, -0.15) is 0 Å². The summed E-state index contributed by atoms with van der Waals surface area (Å²) in [6.45, 7) is 2.99. The Morgan fingerprint density at radius 3 is 2.81 bits per heavy atom. The van der Waals surface area contributed by atoms with E-state index in [1.165, 1.54) is 0 Å². The Morgan fingerprint density at radius 2 is 2.19 bits per heavy atom. The second-order valence-electron chi connectivity index (χ2n) is 4.33. The molecule has 3 nitrogen and oxygen atoms in total. The average Bonchev–Trinajstić information content (AvgIpc) is 2.81. The molecule has 1 aliphatic rings. The molecule has 0 saturated carbocycles. The zero-order chi connectivity index (χ0) is 11.5. The van der Waals surface area contributed by atoms with Crippen molar-refractivity contribution < 1.29 is 4.79 Å². The summed E-state index contributed by atoms with van der Waals surface area (Å²) in [4.78, 5) is 13.9. The average molecular weight is 218 g/mol. The number of anilines is 1. The number of para-hydroxylation sites is 1. The van der Waals surface area contributed by atoms with E-state index in [9.17, 15) is 4.79 Å². The molecule has 1 aromatic carbocycles. The van der Waals surface area contributed by atoms with Crippen molar-refractivity contribution in [1.82, 2.24) is 5.32 Å². The van der Waals surface area contributed by atoms with Crippen LogP contribution in [0.1, 0.15) is 18.4 Å². The lowest BCUT2D eigenvalue weighted by atomic mass is 10.1. The topological polar surface area (TPSA) is 32.3 Å². The third-order valence-electron chi connectivity index (χ3n) is 3.17. The number of nitrogens with zero attached hydrogens (tertiary/aromatic N) is 1. The molecule has 1 saturated heterocycles. The number of carbonyl (C=O) groups is 1. The Labute approximate surface area is 96.5 Å². The number of hydrogen-bond donors (Lipinski definition) is 1. The molecule has 1 aliphatic heterocycles. The molecule has 2 rings (SSSR count). The molecule has 0 spiro atoms. The first-order valence-corrected chi connectivity index (χ1v) is 5.77. The van der Waals surface area contributed by atoms with E-state index >= 15 is 0 Å². The summed E-state index contributed by atoms with van der Waals surface area (Å²) in [5.74, 6) is 0.173. The van der Waals surface area contributed by atoms with Gasteiger partial charge in [0.05, 0.1) is 6.04 Å². The summed E-state index contributed by atoms with van der Waals surface area (Å²) < 4.78 is 0. The first kappa shape index (κ1) is 11.1. The van der Waals surface area contributed by atoms with E-state index in [1.54, 1.807) is 4.90 Å². The minimum atomic E-state index is 0.00426. The molecule has 0 aromatic heterocycles. The fourth-order valence-corrected chi connectivity index (χ4v) is 2.19. The zero-order valence-corrected chi connectivity index (χ0v) is 9.86. The van der Waals surface area contributed by atoms with Gasteiger partial charge in [-0.05, 0) is 37.9 Å². The van der Waals surface area contributed by atoms with Gasteiger partial charge in [-0.3, -0.25) is 4.79 Å². The number of amides is 1. The van der Waals surface area contributed by atoms with Gasteiger partial charge in [0.15, 0.2) is 0 Å². The summed E-state index contributed by atoms with van der Waals surface area (Å²) in [7, 11) is 1.85. The maximum Gasteiger partial charge on any atom is 0.243 e. The van der Waals surface area contributed by atoms with E-state index in [0.717, 1.165) is 30.6 Å². The second-order valence-corrected chi connectivity index (χ2v) is 4.33. The molecular formula is C13H18N2O. The van der Waals surface area contributed by atoms with Gasteiger partial charge in [-0.1, -0.05) is 18.2 Å². The first-order chi connectivity index (χ1) is 7.70. The van der Waals surface area contributed by atoms with Crippen LogP contribution in [0.3, 0.4) is 0 Å². The molecule has 3 heteroatoms. The van der Waals surface area contributed by atoms with Gasteiger partial charge >= 0.3 is 0 Å². The van der Waals surface area contributed by atoms with Crippen LogP contribution in [0.2, 0.25) is 0 Å². The largest absolute Gasteiger partial charge is 0.314 e. The van der Waals surface area contributed by atoms with Crippen molar-refractivity contribution in [2.75, 3.05) is 18.5 Å². The maximum absolute atomic E-state index is 12.2. The van der Waals surface area contributed by atoms with Gasteiger partial charge in [0.25, 0.3) is 0 Å². The van der Waals surface area contributed by atoms with Crippen LogP contribution in [0, 0.1) is 6.92 Å². The summed E-state index contributed by atoms with van der Waals surface area (Å²) in [6, 6.07) is 7.98. The van der Waals surface area contributed by atoms with Crippen molar-refractivity contribution in [2.45, 2.75) is 25.8 Å².